The summed E-state index contributed by atoms with van der Waals surface area (Å²) in [6.07, 6.45) is -0.00326. The van der Waals surface area contributed by atoms with Crippen LogP contribution in [0.1, 0.15) is 11.3 Å². The molecule has 0 saturated carbocycles. The number of thioether (sulfide) groups is 1. The summed E-state index contributed by atoms with van der Waals surface area (Å²) in [6.45, 7) is 1.89. The summed E-state index contributed by atoms with van der Waals surface area (Å²) in [6, 6.07) is 5.99. The van der Waals surface area contributed by atoms with Crippen LogP contribution in [0.2, 0.25) is 0 Å². The number of halogens is 1. The highest BCUT2D eigenvalue weighted by molar-refractivity contribution is 7.99. The van der Waals surface area contributed by atoms with Crippen LogP contribution in [0, 0.1) is 12.7 Å². The summed E-state index contributed by atoms with van der Waals surface area (Å²) in [5.74, 6) is -0.893. The molecule has 5 nitrogen and oxygen atoms in total. The van der Waals surface area contributed by atoms with Crippen molar-refractivity contribution in [3.8, 4) is 11.1 Å². The Bertz CT molecular complexity index is 964. The van der Waals surface area contributed by atoms with Gasteiger partial charge in [-0.2, -0.15) is 0 Å². The fraction of sp³-hybridized carbons (Fsp3) is 0.188. The summed E-state index contributed by atoms with van der Waals surface area (Å²) < 4.78 is 13.1. The lowest BCUT2D eigenvalue weighted by atomic mass is 10.0. The molecule has 0 bridgehead atoms. The Morgan fingerprint density at radius 1 is 1.38 bits per heavy atom. The molecule has 8 heteroatoms. The fourth-order valence-electron chi connectivity index (χ4n) is 2.37. The van der Waals surface area contributed by atoms with E-state index in [-0.39, 0.29) is 17.8 Å². The number of nitrogens with one attached hydrogen (secondary N) is 1. The molecule has 24 heavy (non-hydrogen) atoms. The van der Waals surface area contributed by atoms with Gasteiger partial charge in [0.1, 0.15) is 10.6 Å². The average molecular weight is 364 g/mol. The number of aromatic nitrogens is 2. The summed E-state index contributed by atoms with van der Waals surface area (Å²) in [7, 11) is 0. The molecule has 0 amide bonds. The molecule has 124 valence electrons. The number of carbonyl (C=O) groups is 1. The minimum atomic E-state index is -0.892. The highest BCUT2D eigenvalue weighted by Gasteiger charge is 2.17. The first-order valence-corrected chi connectivity index (χ1v) is 8.90. The van der Waals surface area contributed by atoms with Crippen molar-refractivity contribution in [2.24, 2.45) is 0 Å². The minimum absolute atomic E-state index is 0.00326. The van der Waals surface area contributed by atoms with E-state index in [4.69, 9.17) is 5.11 Å². The van der Waals surface area contributed by atoms with Gasteiger partial charge >= 0.3 is 5.97 Å². The number of carboxylic acids is 1. The standard InChI is InChI=1S/C16H13FN2O3S2/c1-8-12(9-2-4-10(17)5-3-9)13-14(22)18-16(19-15(13)24-8)23-7-6-11(20)21/h2-5H,6-7H2,1H3,(H,20,21)(H,18,19,22). The summed E-state index contributed by atoms with van der Waals surface area (Å²) in [5, 5.41) is 9.55. The number of carboxylic acid groups (broad SMARTS) is 1. The van der Waals surface area contributed by atoms with Crippen LogP contribution in [0.5, 0.6) is 0 Å². The summed E-state index contributed by atoms with van der Waals surface area (Å²) in [5.41, 5.74) is 1.24. The number of aliphatic carboxylic acids is 1. The predicted molar refractivity (Wildman–Crippen MR) is 93.3 cm³/mol. The maximum absolute atomic E-state index is 13.1. The first-order valence-electron chi connectivity index (χ1n) is 7.09. The van der Waals surface area contributed by atoms with Crippen LogP contribution in [-0.4, -0.2) is 26.8 Å². The van der Waals surface area contributed by atoms with Gasteiger partial charge in [0.15, 0.2) is 5.16 Å². The molecule has 2 N–H and O–H groups in total. The highest BCUT2D eigenvalue weighted by atomic mass is 32.2. The van der Waals surface area contributed by atoms with Gasteiger partial charge in [0, 0.05) is 16.2 Å². The Morgan fingerprint density at radius 2 is 2.08 bits per heavy atom. The Labute approximate surface area is 144 Å². The van der Waals surface area contributed by atoms with Gasteiger partial charge < -0.3 is 10.1 Å². The van der Waals surface area contributed by atoms with Gasteiger partial charge in [-0.3, -0.25) is 9.59 Å². The Kier molecular flexibility index (Phi) is 4.68. The van der Waals surface area contributed by atoms with Crippen LogP contribution >= 0.6 is 23.1 Å². The first-order chi connectivity index (χ1) is 11.5. The molecule has 2 heterocycles. The zero-order valence-corrected chi connectivity index (χ0v) is 14.3. The first kappa shape index (κ1) is 16.7. The maximum atomic E-state index is 13.1. The third-order valence-electron chi connectivity index (χ3n) is 3.40. The number of nitrogens with zero attached hydrogens (tertiary/aromatic N) is 1. The van der Waals surface area contributed by atoms with E-state index >= 15 is 0 Å². The molecule has 0 unspecified atom stereocenters. The van der Waals surface area contributed by atoms with E-state index in [1.54, 1.807) is 12.1 Å². The van der Waals surface area contributed by atoms with Crippen molar-refractivity contribution < 1.29 is 14.3 Å². The van der Waals surface area contributed by atoms with Crippen LogP contribution < -0.4 is 5.56 Å². The van der Waals surface area contributed by atoms with Gasteiger partial charge in [-0.25, -0.2) is 9.37 Å². The summed E-state index contributed by atoms with van der Waals surface area (Å²) in [4.78, 5) is 31.7. The molecule has 0 aliphatic carbocycles. The van der Waals surface area contributed by atoms with Crippen molar-refractivity contribution in [3.05, 3.63) is 45.3 Å². The van der Waals surface area contributed by atoms with Gasteiger partial charge in [0.05, 0.1) is 11.8 Å². The van der Waals surface area contributed by atoms with E-state index in [0.717, 1.165) is 16.0 Å². The van der Waals surface area contributed by atoms with Crippen molar-refractivity contribution in [1.29, 1.82) is 0 Å². The molecule has 0 atom stereocenters. The Morgan fingerprint density at radius 3 is 2.75 bits per heavy atom. The number of hydrogen-bond donors (Lipinski definition) is 2. The quantitative estimate of drug-likeness (QED) is 0.533. The zero-order valence-electron chi connectivity index (χ0n) is 12.6. The lowest BCUT2D eigenvalue weighted by Gasteiger charge is -2.02. The second-order valence-corrected chi connectivity index (χ2v) is 7.37. The van der Waals surface area contributed by atoms with Gasteiger partial charge in [-0.05, 0) is 24.6 Å². The Balaban J connectivity index is 2.03. The maximum Gasteiger partial charge on any atom is 0.304 e. The smallest absolute Gasteiger partial charge is 0.304 e. The van der Waals surface area contributed by atoms with E-state index in [9.17, 15) is 14.0 Å². The van der Waals surface area contributed by atoms with Crippen LogP contribution in [-0.2, 0) is 4.79 Å². The molecule has 0 aliphatic rings. The van der Waals surface area contributed by atoms with E-state index in [1.165, 1.54) is 35.2 Å². The van der Waals surface area contributed by atoms with E-state index in [1.807, 2.05) is 6.92 Å². The number of hydrogen-bond acceptors (Lipinski definition) is 5. The predicted octanol–water partition coefficient (Wildman–Crippen LogP) is 3.67. The van der Waals surface area contributed by atoms with Gasteiger partial charge in [-0.15, -0.1) is 11.3 Å². The van der Waals surface area contributed by atoms with Crippen molar-refractivity contribution in [2.45, 2.75) is 18.5 Å². The van der Waals surface area contributed by atoms with Crippen LogP contribution in [0.25, 0.3) is 21.3 Å². The van der Waals surface area contributed by atoms with Crippen molar-refractivity contribution in [1.82, 2.24) is 9.97 Å². The number of H-pyrrole nitrogens is 1. The molecule has 0 saturated heterocycles. The molecular weight excluding hydrogens is 351 g/mol. The third-order valence-corrected chi connectivity index (χ3v) is 5.28. The van der Waals surface area contributed by atoms with Crippen molar-refractivity contribution >= 4 is 39.3 Å². The van der Waals surface area contributed by atoms with E-state index < -0.39 is 5.97 Å². The number of rotatable bonds is 5. The molecule has 0 aliphatic heterocycles. The molecule has 3 rings (SSSR count). The van der Waals surface area contributed by atoms with Crippen LogP contribution in [0.3, 0.4) is 0 Å². The molecule has 0 fully saturated rings. The van der Waals surface area contributed by atoms with Gasteiger partial charge in [0.25, 0.3) is 5.56 Å². The van der Waals surface area contributed by atoms with Crippen LogP contribution in [0.4, 0.5) is 4.39 Å². The number of thiophene rings is 1. The Hall–Kier alpha value is -2.19. The van der Waals surface area contributed by atoms with Gasteiger partial charge in [0.2, 0.25) is 0 Å². The molecule has 1 aromatic carbocycles. The molecular formula is C16H13FN2O3S2. The lowest BCUT2D eigenvalue weighted by Crippen LogP contribution is -2.09. The monoisotopic (exact) mass is 364 g/mol. The molecule has 2 aromatic heterocycles. The third kappa shape index (κ3) is 3.34. The number of aromatic amines is 1. The normalized spacial score (nSPS) is 11.1. The molecule has 0 radical (unpaired) electrons. The summed E-state index contributed by atoms with van der Waals surface area (Å²) >= 11 is 2.59. The van der Waals surface area contributed by atoms with E-state index in [2.05, 4.69) is 9.97 Å². The zero-order chi connectivity index (χ0) is 17.3. The molecule has 0 spiro atoms. The largest absolute Gasteiger partial charge is 0.481 e. The number of benzene rings is 1. The fourth-order valence-corrected chi connectivity index (χ4v) is 4.26. The number of aryl methyl sites for hydroxylation is 1. The minimum Gasteiger partial charge on any atom is -0.481 e. The van der Waals surface area contributed by atoms with Crippen LogP contribution in [0.15, 0.2) is 34.2 Å². The van der Waals surface area contributed by atoms with E-state index in [0.29, 0.717) is 21.1 Å². The van der Waals surface area contributed by atoms with Gasteiger partial charge in [-0.1, -0.05) is 23.9 Å². The second-order valence-electron chi connectivity index (χ2n) is 5.08. The van der Waals surface area contributed by atoms with Crippen molar-refractivity contribution in [2.75, 3.05) is 5.75 Å². The second kappa shape index (κ2) is 6.74. The van der Waals surface area contributed by atoms with Crippen molar-refractivity contribution in [3.63, 3.8) is 0 Å². The highest BCUT2D eigenvalue weighted by Crippen LogP contribution is 2.36. The average Bonchev–Trinajstić information content (AvgIpc) is 2.84. The lowest BCUT2D eigenvalue weighted by molar-refractivity contribution is -0.136. The molecule has 3 aromatic rings. The number of fused-ring (bicyclic) bond motifs is 1. The SMILES string of the molecule is Cc1sc2nc(SCCC(=O)O)[nH]c(=O)c2c1-c1ccc(F)cc1. The topological polar surface area (TPSA) is 83.0 Å².